The minimum absolute atomic E-state index is 0.0575. The minimum atomic E-state index is -1.70. The van der Waals surface area contributed by atoms with E-state index in [1.54, 1.807) is 0 Å². The number of nitrogen functional groups attached to an aromatic ring is 2. The molecule has 0 aliphatic heterocycles. The number of aromatic nitrogens is 4. The van der Waals surface area contributed by atoms with Gasteiger partial charge in [-0.2, -0.15) is 0 Å². The number of nitrogens with one attached hydrogen (secondary N) is 4. The lowest BCUT2D eigenvalue weighted by Gasteiger charge is -2.22. The molecule has 0 unspecified atom stereocenters. The van der Waals surface area contributed by atoms with Crippen molar-refractivity contribution in [3.63, 3.8) is 0 Å². The highest BCUT2D eigenvalue weighted by Crippen LogP contribution is 2.11. The summed E-state index contributed by atoms with van der Waals surface area (Å²) >= 11 is 0. The Morgan fingerprint density at radius 2 is 0.953 bits per heavy atom. The Morgan fingerprint density at radius 1 is 0.605 bits per heavy atom. The van der Waals surface area contributed by atoms with E-state index in [0.717, 1.165) is 9.13 Å². The van der Waals surface area contributed by atoms with E-state index in [1.807, 2.05) is 0 Å². The number of anilines is 4. The van der Waals surface area contributed by atoms with E-state index in [0.29, 0.717) is 6.42 Å². The molecule has 0 fully saturated rings. The van der Waals surface area contributed by atoms with Crippen LogP contribution in [0.15, 0.2) is 19.2 Å². The molecule has 16 N–H and O–H groups in total. The Morgan fingerprint density at radius 3 is 1.28 bits per heavy atom. The van der Waals surface area contributed by atoms with Gasteiger partial charge in [-0.25, -0.2) is 9.59 Å². The van der Waals surface area contributed by atoms with Crippen LogP contribution < -0.4 is 44.6 Å². The summed E-state index contributed by atoms with van der Waals surface area (Å²) in [4.78, 5) is 54.8. The van der Waals surface area contributed by atoms with Crippen LogP contribution in [0.5, 0.6) is 0 Å². The fourth-order valence-corrected chi connectivity index (χ4v) is 3.96. The molecule has 0 aromatic carbocycles. The zero-order chi connectivity index (χ0) is 32.4. The molecule has 0 radical (unpaired) electrons. The third-order valence-electron chi connectivity index (χ3n) is 6.63. The van der Waals surface area contributed by atoms with Crippen LogP contribution in [0.25, 0.3) is 0 Å². The van der Waals surface area contributed by atoms with E-state index in [-0.39, 0.29) is 48.9 Å². The van der Waals surface area contributed by atoms with Crippen molar-refractivity contribution in [2.75, 3.05) is 48.4 Å². The molecular weight excluding hydrogens is 580 g/mol. The maximum absolute atomic E-state index is 12.6. The molecule has 20 nitrogen and oxygen atoms in total. The van der Waals surface area contributed by atoms with Crippen LogP contribution in [-0.2, 0) is 13.1 Å². The van der Waals surface area contributed by atoms with E-state index in [1.165, 1.54) is 0 Å². The highest BCUT2D eigenvalue weighted by molar-refractivity contribution is 5.59. The highest BCUT2D eigenvalue weighted by Gasteiger charge is 2.25. The maximum Gasteiger partial charge on any atom is 0.330 e. The van der Waals surface area contributed by atoms with Crippen LogP contribution in [0.3, 0.4) is 0 Å². The van der Waals surface area contributed by atoms with Crippen molar-refractivity contribution in [3.05, 3.63) is 41.7 Å². The van der Waals surface area contributed by atoms with Crippen molar-refractivity contribution in [3.8, 4) is 0 Å². The van der Waals surface area contributed by atoms with Gasteiger partial charge in [0, 0.05) is 26.2 Å². The SMILES string of the molecule is Nc1c(NC[C@H](O)[C@H](O)[C@H](O)CO)[nH]c(=O)n(CCCCCn2c(=O)[nH]c(NC[C@H](O)[C@H](O)[C@H](O)CO)c(N)c2=O)c1=O. The Balaban J connectivity index is 1.95. The molecule has 0 bridgehead atoms. The molecule has 6 atom stereocenters. The van der Waals surface area contributed by atoms with Crippen LogP contribution in [0.2, 0.25) is 0 Å². The maximum atomic E-state index is 12.6. The van der Waals surface area contributed by atoms with Gasteiger partial charge in [0.15, 0.2) is 0 Å². The fraction of sp³-hybridized carbons (Fsp3) is 0.652. The summed E-state index contributed by atoms with van der Waals surface area (Å²) in [6, 6.07) is 0. The first-order valence-electron chi connectivity index (χ1n) is 13.3. The second-order valence-corrected chi connectivity index (χ2v) is 9.79. The molecule has 2 aromatic heterocycles. The van der Waals surface area contributed by atoms with Gasteiger partial charge in [-0.15, -0.1) is 0 Å². The Hall–Kier alpha value is -3.76. The zero-order valence-corrected chi connectivity index (χ0v) is 23.1. The number of nitrogens with two attached hydrogens (primary N) is 2. The first kappa shape index (κ1) is 35.4. The van der Waals surface area contributed by atoms with Gasteiger partial charge in [0.05, 0.1) is 25.4 Å². The quantitative estimate of drug-likeness (QED) is 0.0688. The van der Waals surface area contributed by atoms with Crippen molar-refractivity contribution >= 4 is 23.0 Å². The van der Waals surface area contributed by atoms with Crippen LogP contribution in [-0.4, -0.2) is 123 Å². The summed E-state index contributed by atoms with van der Waals surface area (Å²) in [5.74, 6) is -0.419. The van der Waals surface area contributed by atoms with Gasteiger partial charge in [-0.3, -0.25) is 28.7 Å². The van der Waals surface area contributed by atoms with Crippen LogP contribution in [0.1, 0.15) is 19.3 Å². The molecule has 0 amide bonds. The predicted molar refractivity (Wildman–Crippen MR) is 153 cm³/mol. The summed E-state index contributed by atoms with van der Waals surface area (Å²) in [6.07, 6.45) is -8.80. The number of aliphatic hydroxyl groups excluding tert-OH is 8. The molecule has 2 heterocycles. The third-order valence-corrected chi connectivity index (χ3v) is 6.63. The summed E-state index contributed by atoms with van der Waals surface area (Å²) in [6.45, 7) is -2.53. The smallest absolute Gasteiger partial charge is 0.330 e. The van der Waals surface area contributed by atoms with Gasteiger partial charge in [0.1, 0.15) is 47.4 Å². The Bertz CT molecular complexity index is 1320. The molecular formula is C23H40N8O12. The first-order chi connectivity index (χ1) is 20.2. The number of nitrogens with zero attached hydrogens (tertiary/aromatic N) is 2. The predicted octanol–water partition coefficient (Wildman–Crippen LogP) is -6.60. The van der Waals surface area contributed by atoms with Crippen molar-refractivity contribution in [2.24, 2.45) is 0 Å². The molecule has 0 saturated heterocycles. The number of H-pyrrole nitrogens is 2. The van der Waals surface area contributed by atoms with Gasteiger partial charge in [0.2, 0.25) is 0 Å². The van der Waals surface area contributed by atoms with Crippen molar-refractivity contribution in [2.45, 2.75) is 69.0 Å². The molecule has 0 aliphatic rings. The average Bonchev–Trinajstić information content (AvgIpc) is 2.99. The van der Waals surface area contributed by atoms with E-state index >= 15 is 0 Å². The number of rotatable bonds is 18. The third kappa shape index (κ3) is 9.11. The number of aromatic amines is 2. The molecule has 0 saturated carbocycles. The van der Waals surface area contributed by atoms with Crippen molar-refractivity contribution in [1.29, 1.82) is 0 Å². The normalized spacial score (nSPS) is 15.8. The Kier molecular flexibility index (Phi) is 13.3. The summed E-state index contributed by atoms with van der Waals surface area (Å²) in [7, 11) is 0. The average molecular weight is 621 g/mol. The molecule has 2 aromatic rings. The van der Waals surface area contributed by atoms with Crippen LogP contribution in [0, 0.1) is 0 Å². The number of hydrogen-bond donors (Lipinski definition) is 14. The minimum Gasteiger partial charge on any atom is -0.394 e. The second kappa shape index (κ2) is 16.2. The van der Waals surface area contributed by atoms with E-state index < -0.39 is 85.4 Å². The first-order valence-corrected chi connectivity index (χ1v) is 13.3. The summed E-state index contributed by atoms with van der Waals surface area (Å²) in [5, 5.41) is 80.6. The fourth-order valence-electron chi connectivity index (χ4n) is 3.96. The van der Waals surface area contributed by atoms with Gasteiger partial charge >= 0.3 is 11.4 Å². The lowest BCUT2D eigenvalue weighted by Crippen LogP contribution is -2.43. The number of unbranched alkanes of at least 4 members (excludes halogenated alkanes) is 2. The largest absolute Gasteiger partial charge is 0.394 e. The Labute approximate surface area is 242 Å². The van der Waals surface area contributed by atoms with Crippen molar-refractivity contribution in [1.82, 2.24) is 19.1 Å². The second-order valence-electron chi connectivity index (χ2n) is 9.79. The van der Waals surface area contributed by atoms with E-state index in [9.17, 15) is 49.8 Å². The van der Waals surface area contributed by atoms with Gasteiger partial charge in [-0.05, 0) is 19.3 Å². The highest BCUT2D eigenvalue weighted by atomic mass is 16.4. The van der Waals surface area contributed by atoms with E-state index in [4.69, 9.17) is 21.7 Å². The van der Waals surface area contributed by atoms with Gasteiger partial charge < -0.3 is 63.0 Å². The summed E-state index contributed by atoms with van der Waals surface area (Å²) < 4.78 is 1.67. The number of aliphatic hydroxyl groups is 8. The topological polar surface area (TPSA) is 348 Å². The lowest BCUT2D eigenvalue weighted by atomic mass is 10.1. The van der Waals surface area contributed by atoms with Gasteiger partial charge in [-0.1, -0.05) is 0 Å². The van der Waals surface area contributed by atoms with Gasteiger partial charge in [0.25, 0.3) is 11.1 Å². The molecule has 43 heavy (non-hydrogen) atoms. The molecule has 0 aliphatic carbocycles. The monoisotopic (exact) mass is 620 g/mol. The molecule has 20 heteroatoms. The van der Waals surface area contributed by atoms with E-state index in [2.05, 4.69) is 20.6 Å². The standard InChI is InChI=1S/C23H40N8O12/c24-14-18(26-6-10(34)16(38)12(36)8-32)28-22(42)30(20(14)40)4-2-1-3-5-31-21(41)15(25)19(29-23(31)43)27-7-11(35)17(39)13(37)9-33/h10-13,16-17,26-27,32-39H,1-9,24-25H2,(H,28,42)(H,29,43)/t10-,11-,12+,13+,16-,17-/m0/s1. The molecule has 244 valence electrons. The lowest BCUT2D eigenvalue weighted by molar-refractivity contribution is -0.0715. The number of hydrogen-bond acceptors (Lipinski definition) is 16. The molecule has 0 spiro atoms. The zero-order valence-electron chi connectivity index (χ0n) is 23.1. The van der Waals surface area contributed by atoms with Crippen molar-refractivity contribution < 1.29 is 40.9 Å². The summed E-state index contributed by atoms with van der Waals surface area (Å²) in [5.41, 5.74) is 7.54. The molecule has 2 rings (SSSR count). The van der Waals surface area contributed by atoms with Crippen LogP contribution in [0.4, 0.5) is 23.0 Å². The van der Waals surface area contributed by atoms with Crippen LogP contribution >= 0.6 is 0 Å².